The Morgan fingerprint density at radius 2 is 1.70 bits per heavy atom. The predicted octanol–water partition coefficient (Wildman–Crippen LogP) is 3.31. The van der Waals surface area contributed by atoms with Gasteiger partial charge in [0.25, 0.3) is 0 Å². The molecule has 2 amide bonds. The Morgan fingerprint density at radius 3 is 2.30 bits per heavy atom. The summed E-state index contributed by atoms with van der Waals surface area (Å²) in [5.41, 5.74) is 1.15. The number of nitrogens with zero attached hydrogens (tertiary/aromatic N) is 1. The second-order valence-corrected chi connectivity index (χ2v) is 6.96. The van der Waals surface area contributed by atoms with E-state index in [9.17, 15) is 9.59 Å². The highest BCUT2D eigenvalue weighted by molar-refractivity contribution is 6.20. The second-order valence-electron chi connectivity index (χ2n) is 6.96. The highest BCUT2D eigenvalue weighted by Gasteiger charge is 2.64. The number of amides is 2. The maximum absolute atomic E-state index is 12.9. The van der Waals surface area contributed by atoms with Gasteiger partial charge in [0.15, 0.2) is 0 Å². The van der Waals surface area contributed by atoms with Crippen LogP contribution in [0.25, 0.3) is 0 Å². The molecule has 1 aromatic rings. The number of imide groups is 1. The predicted molar refractivity (Wildman–Crippen MR) is 78.3 cm³/mol. The van der Waals surface area contributed by atoms with E-state index in [2.05, 4.69) is 13.8 Å². The van der Waals surface area contributed by atoms with Gasteiger partial charge < -0.3 is 0 Å². The molecule has 1 saturated heterocycles. The lowest BCUT2D eigenvalue weighted by molar-refractivity contribution is -0.146. The van der Waals surface area contributed by atoms with Crippen LogP contribution in [0.5, 0.6) is 0 Å². The van der Waals surface area contributed by atoms with Crippen molar-refractivity contribution < 1.29 is 9.59 Å². The van der Waals surface area contributed by atoms with Gasteiger partial charge in [0.05, 0.1) is 11.1 Å². The lowest BCUT2D eigenvalue weighted by Crippen LogP contribution is -2.59. The fourth-order valence-corrected chi connectivity index (χ4v) is 3.76. The van der Waals surface area contributed by atoms with Crippen LogP contribution in [0.3, 0.4) is 0 Å². The summed E-state index contributed by atoms with van der Waals surface area (Å²) < 4.78 is 0. The van der Waals surface area contributed by atoms with E-state index >= 15 is 0 Å². The van der Waals surface area contributed by atoms with E-state index in [1.165, 1.54) is 4.90 Å². The third-order valence-corrected chi connectivity index (χ3v) is 5.71. The number of benzene rings is 1. The van der Waals surface area contributed by atoms with Crippen LogP contribution >= 0.6 is 0 Å². The maximum Gasteiger partial charge on any atom is 0.240 e. The van der Waals surface area contributed by atoms with Crippen molar-refractivity contribution in [2.45, 2.75) is 40.5 Å². The zero-order valence-corrected chi connectivity index (χ0v) is 12.6. The van der Waals surface area contributed by atoms with Crippen LogP contribution in [0.4, 0.5) is 5.69 Å². The fraction of sp³-hybridized carbons (Fsp3) is 0.529. The van der Waals surface area contributed by atoms with Crippen molar-refractivity contribution in [2.24, 2.45) is 16.7 Å². The van der Waals surface area contributed by atoms with E-state index in [1.54, 1.807) is 0 Å². The van der Waals surface area contributed by atoms with Gasteiger partial charge in [-0.3, -0.25) is 9.59 Å². The summed E-state index contributed by atoms with van der Waals surface area (Å²) in [6.45, 7) is 8.14. The first-order chi connectivity index (χ1) is 9.29. The van der Waals surface area contributed by atoms with Crippen LogP contribution in [0, 0.1) is 23.7 Å². The quantitative estimate of drug-likeness (QED) is 0.735. The van der Waals surface area contributed by atoms with Crippen LogP contribution < -0.4 is 4.90 Å². The molecule has 0 aromatic heterocycles. The Bertz CT molecular complexity index is 588. The van der Waals surface area contributed by atoms with E-state index in [-0.39, 0.29) is 23.1 Å². The number of hydrogen-bond donors (Lipinski definition) is 0. The minimum Gasteiger partial charge on any atom is -0.274 e. The Hall–Kier alpha value is -1.64. The molecule has 0 spiro atoms. The SMILES string of the molecule is Cc1ccc(N2C(=O)[C@H]3CC[C@](C)(C2=O)C3(C)C)cc1. The first-order valence-corrected chi connectivity index (χ1v) is 7.24. The minimum absolute atomic E-state index is 0.0289. The molecule has 3 nitrogen and oxygen atoms in total. The van der Waals surface area contributed by atoms with Crippen molar-refractivity contribution in [2.75, 3.05) is 4.90 Å². The van der Waals surface area contributed by atoms with Crippen LogP contribution in [0.15, 0.2) is 24.3 Å². The standard InChI is InChI=1S/C17H21NO2/c1-11-5-7-12(8-6-11)18-14(19)13-9-10-17(4,15(18)20)16(13,2)3/h5-8,13H,9-10H2,1-4H3/t13-,17-/m1/s1. The number of anilines is 1. The smallest absolute Gasteiger partial charge is 0.240 e. The van der Waals surface area contributed by atoms with Gasteiger partial charge in [-0.15, -0.1) is 0 Å². The van der Waals surface area contributed by atoms with Gasteiger partial charge in [-0.05, 0) is 37.3 Å². The Balaban J connectivity index is 2.09. The van der Waals surface area contributed by atoms with Crippen LogP contribution in [0.2, 0.25) is 0 Å². The van der Waals surface area contributed by atoms with E-state index in [1.807, 2.05) is 38.1 Å². The third kappa shape index (κ3) is 1.46. The van der Waals surface area contributed by atoms with Gasteiger partial charge >= 0.3 is 0 Å². The van der Waals surface area contributed by atoms with Crippen LogP contribution in [-0.2, 0) is 9.59 Å². The lowest BCUT2D eigenvalue weighted by Gasteiger charge is -2.47. The molecule has 20 heavy (non-hydrogen) atoms. The molecule has 1 saturated carbocycles. The lowest BCUT2D eigenvalue weighted by atomic mass is 9.62. The van der Waals surface area contributed by atoms with E-state index in [0.29, 0.717) is 5.69 Å². The fourth-order valence-electron chi connectivity index (χ4n) is 3.76. The maximum atomic E-state index is 12.9. The molecule has 0 radical (unpaired) electrons. The number of carbonyl (C=O) groups is 2. The van der Waals surface area contributed by atoms with E-state index < -0.39 is 5.41 Å². The molecule has 2 bridgehead atoms. The average Bonchev–Trinajstić information content (AvgIpc) is 2.57. The number of hydrogen-bond acceptors (Lipinski definition) is 2. The van der Waals surface area contributed by atoms with Crippen molar-refractivity contribution >= 4 is 17.5 Å². The normalized spacial score (nSPS) is 31.8. The number of piperidine rings is 1. The van der Waals surface area contributed by atoms with Gasteiger partial charge in [0, 0.05) is 5.92 Å². The molecule has 2 atom stereocenters. The summed E-state index contributed by atoms with van der Waals surface area (Å²) in [6, 6.07) is 7.62. The van der Waals surface area contributed by atoms with Crippen molar-refractivity contribution in [3.63, 3.8) is 0 Å². The summed E-state index contributed by atoms with van der Waals surface area (Å²) in [5, 5.41) is 0. The molecule has 0 unspecified atom stereocenters. The summed E-state index contributed by atoms with van der Waals surface area (Å²) >= 11 is 0. The topological polar surface area (TPSA) is 37.4 Å². The summed E-state index contributed by atoms with van der Waals surface area (Å²) in [7, 11) is 0. The summed E-state index contributed by atoms with van der Waals surface area (Å²) in [5.74, 6) is -0.115. The van der Waals surface area contributed by atoms with Gasteiger partial charge in [-0.1, -0.05) is 38.5 Å². The molecule has 3 rings (SSSR count). The highest BCUT2D eigenvalue weighted by atomic mass is 16.2. The number of carbonyl (C=O) groups excluding carboxylic acids is 2. The highest BCUT2D eigenvalue weighted by Crippen LogP contribution is 2.60. The zero-order valence-electron chi connectivity index (χ0n) is 12.6. The Kier molecular flexibility index (Phi) is 2.63. The molecule has 1 heterocycles. The van der Waals surface area contributed by atoms with Gasteiger partial charge in [-0.2, -0.15) is 0 Å². The second kappa shape index (κ2) is 3.94. The van der Waals surface area contributed by atoms with Gasteiger partial charge in [-0.25, -0.2) is 4.90 Å². The number of aryl methyl sites for hydroxylation is 1. The molecule has 1 aromatic carbocycles. The van der Waals surface area contributed by atoms with Crippen molar-refractivity contribution in [3.05, 3.63) is 29.8 Å². The summed E-state index contributed by atoms with van der Waals surface area (Å²) in [6.07, 6.45) is 1.62. The van der Waals surface area contributed by atoms with Crippen molar-refractivity contribution in [1.82, 2.24) is 0 Å². The largest absolute Gasteiger partial charge is 0.274 e. The average molecular weight is 271 g/mol. The van der Waals surface area contributed by atoms with E-state index in [4.69, 9.17) is 0 Å². The molecular weight excluding hydrogens is 250 g/mol. The molecular formula is C17H21NO2. The molecule has 1 aliphatic heterocycles. The number of fused-ring (bicyclic) bond motifs is 2. The van der Waals surface area contributed by atoms with Crippen LogP contribution in [0.1, 0.15) is 39.2 Å². The molecule has 106 valence electrons. The first kappa shape index (κ1) is 13.3. The van der Waals surface area contributed by atoms with Crippen molar-refractivity contribution in [1.29, 1.82) is 0 Å². The summed E-state index contributed by atoms with van der Waals surface area (Å²) in [4.78, 5) is 27.1. The Labute approximate surface area is 120 Å². The molecule has 1 aliphatic carbocycles. The molecule has 2 fully saturated rings. The first-order valence-electron chi connectivity index (χ1n) is 7.24. The van der Waals surface area contributed by atoms with E-state index in [0.717, 1.165) is 18.4 Å². The zero-order chi connectivity index (χ0) is 14.7. The molecule has 2 aliphatic rings. The molecule has 0 N–H and O–H groups in total. The molecule has 3 heteroatoms. The third-order valence-electron chi connectivity index (χ3n) is 5.71. The monoisotopic (exact) mass is 271 g/mol. The Morgan fingerprint density at radius 1 is 1.10 bits per heavy atom. The minimum atomic E-state index is -0.434. The number of rotatable bonds is 1. The van der Waals surface area contributed by atoms with Gasteiger partial charge in [0.2, 0.25) is 11.8 Å². The van der Waals surface area contributed by atoms with Crippen molar-refractivity contribution in [3.8, 4) is 0 Å². The van der Waals surface area contributed by atoms with Crippen LogP contribution in [-0.4, -0.2) is 11.8 Å². The van der Waals surface area contributed by atoms with Gasteiger partial charge in [0.1, 0.15) is 0 Å².